The molecular weight excluding hydrogens is 260 g/mol. The third-order valence-electron chi connectivity index (χ3n) is 3.22. The summed E-state index contributed by atoms with van der Waals surface area (Å²) in [5.41, 5.74) is -0.0454. The van der Waals surface area contributed by atoms with Gasteiger partial charge >= 0.3 is 0 Å². The summed E-state index contributed by atoms with van der Waals surface area (Å²) in [6.07, 6.45) is 2.53. The molecule has 1 heterocycles. The van der Waals surface area contributed by atoms with E-state index in [1.54, 1.807) is 6.20 Å². The summed E-state index contributed by atoms with van der Waals surface area (Å²) in [6.45, 7) is 10.2. The number of amides is 1. The van der Waals surface area contributed by atoms with Crippen LogP contribution in [0.25, 0.3) is 0 Å². The molecular formula is C14H24N2O2S. The second-order valence-corrected chi connectivity index (χ2v) is 6.96. The van der Waals surface area contributed by atoms with E-state index in [1.165, 1.54) is 11.3 Å². The van der Waals surface area contributed by atoms with Crippen LogP contribution in [0.15, 0.2) is 6.20 Å². The molecule has 1 rings (SSSR count). The SMILES string of the molecule is CC[C@H](C)[C@H](CO)NC(=O)c1cnc(C(C)(C)C)s1. The van der Waals surface area contributed by atoms with Gasteiger partial charge in [0, 0.05) is 5.41 Å². The van der Waals surface area contributed by atoms with Crippen LogP contribution in [0.4, 0.5) is 0 Å². The molecule has 0 aliphatic carbocycles. The molecule has 0 fully saturated rings. The fraction of sp³-hybridized carbons (Fsp3) is 0.714. The number of hydrogen-bond acceptors (Lipinski definition) is 4. The predicted octanol–water partition coefficient (Wildman–Crippen LogP) is 2.58. The Morgan fingerprint density at radius 1 is 1.53 bits per heavy atom. The summed E-state index contributed by atoms with van der Waals surface area (Å²) in [6, 6.07) is -0.197. The smallest absolute Gasteiger partial charge is 0.263 e. The Balaban J connectivity index is 2.75. The van der Waals surface area contributed by atoms with Crippen LogP contribution < -0.4 is 5.32 Å². The van der Waals surface area contributed by atoms with Crippen molar-refractivity contribution in [2.24, 2.45) is 5.92 Å². The molecule has 2 atom stereocenters. The summed E-state index contributed by atoms with van der Waals surface area (Å²) in [7, 11) is 0. The van der Waals surface area contributed by atoms with Gasteiger partial charge < -0.3 is 10.4 Å². The zero-order valence-electron chi connectivity index (χ0n) is 12.4. The Hall–Kier alpha value is -0.940. The standard InChI is InChI=1S/C14H24N2O2S/c1-6-9(2)10(8-17)16-12(18)11-7-15-13(19-11)14(3,4)5/h7,9-10,17H,6,8H2,1-5H3,(H,16,18)/t9-,10-/m0/s1. The van der Waals surface area contributed by atoms with Gasteiger partial charge in [0.2, 0.25) is 0 Å². The van der Waals surface area contributed by atoms with Crippen molar-refractivity contribution in [3.05, 3.63) is 16.1 Å². The highest BCUT2D eigenvalue weighted by atomic mass is 32.1. The van der Waals surface area contributed by atoms with E-state index in [2.05, 4.69) is 31.1 Å². The molecule has 108 valence electrons. The molecule has 0 bridgehead atoms. The molecule has 1 aromatic rings. The first-order chi connectivity index (χ1) is 8.79. The van der Waals surface area contributed by atoms with Crippen LogP contribution in [0.3, 0.4) is 0 Å². The number of carbonyl (C=O) groups excluding carboxylic acids is 1. The fourth-order valence-corrected chi connectivity index (χ4v) is 2.49. The third-order valence-corrected chi connectivity index (χ3v) is 4.64. The van der Waals surface area contributed by atoms with Crippen LogP contribution in [0.5, 0.6) is 0 Å². The number of hydrogen-bond donors (Lipinski definition) is 2. The number of nitrogens with one attached hydrogen (secondary N) is 1. The van der Waals surface area contributed by atoms with Crippen LogP contribution in [-0.4, -0.2) is 28.6 Å². The third kappa shape index (κ3) is 4.28. The van der Waals surface area contributed by atoms with E-state index in [0.29, 0.717) is 4.88 Å². The Labute approximate surface area is 119 Å². The van der Waals surface area contributed by atoms with E-state index in [-0.39, 0.29) is 29.9 Å². The van der Waals surface area contributed by atoms with Gasteiger partial charge in [0.1, 0.15) is 4.88 Å². The van der Waals surface area contributed by atoms with Crippen molar-refractivity contribution in [2.75, 3.05) is 6.61 Å². The lowest BCUT2D eigenvalue weighted by atomic mass is 9.98. The minimum atomic E-state index is -0.197. The molecule has 19 heavy (non-hydrogen) atoms. The monoisotopic (exact) mass is 284 g/mol. The molecule has 0 spiro atoms. The van der Waals surface area contributed by atoms with Gasteiger partial charge in [0.25, 0.3) is 5.91 Å². The molecule has 0 unspecified atom stereocenters. The summed E-state index contributed by atoms with van der Waals surface area (Å²) in [5.74, 6) is 0.108. The first kappa shape index (κ1) is 16.1. The van der Waals surface area contributed by atoms with Crippen LogP contribution in [0.2, 0.25) is 0 Å². The van der Waals surface area contributed by atoms with Gasteiger partial charge in [-0.3, -0.25) is 4.79 Å². The molecule has 0 radical (unpaired) electrons. The van der Waals surface area contributed by atoms with Crippen LogP contribution in [-0.2, 0) is 5.41 Å². The summed E-state index contributed by atoms with van der Waals surface area (Å²) in [5, 5.41) is 13.2. The van der Waals surface area contributed by atoms with Gasteiger partial charge in [-0.1, -0.05) is 41.0 Å². The molecule has 0 aromatic carbocycles. The minimum absolute atomic E-state index is 0.0360. The van der Waals surface area contributed by atoms with E-state index < -0.39 is 0 Å². The van der Waals surface area contributed by atoms with E-state index in [0.717, 1.165) is 11.4 Å². The van der Waals surface area contributed by atoms with Gasteiger partial charge in [-0.05, 0) is 5.92 Å². The predicted molar refractivity (Wildman–Crippen MR) is 78.6 cm³/mol. The van der Waals surface area contributed by atoms with Crippen LogP contribution in [0, 0.1) is 5.92 Å². The highest BCUT2D eigenvalue weighted by Crippen LogP contribution is 2.26. The molecule has 2 N–H and O–H groups in total. The molecule has 1 amide bonds. The topological polar surface area (TPSA) is 62.2 Å². The number of aromatic nitrogens is 1. The second-order valence-electron chi connectivity index (χ2n) is 5.93. The Bertz CT molecular complexity index is 423. The van der Waals surface area contributed by atoms with Crippen molar-refractivity contribution in [3.63, 3.8) is 0 Å². The van der Waals surface area contributed by atoms with Crippen molar-refractivity contribution in [2.45, 2.75) is 52.5 Å². The summed E-state index contributed by atoms with van der Waals surface area (Å²) < 4.78 is 0. The zero-order chi connectivity index (χ0) is 14.6. The Kier molecular flexibility index (Phi) is 5.50. The van der Waals surface area contributed by atoms with Gasteiger partial charge in [-0.25, -0.2) is 4.98 Å². The lowest BCUT2D eigenvalue weighted by Crippen LogP contribution is -2.41. The lowest BCUT2D eigenvalue weighted by Gasteiger charge is -2.21. The average Bonchev–Trinajstić information content (AvgIpc) is 2.84. The summed E-state index contributed by atoms with van der Waals surface area (Å²) >= 11 is 1.41. The van der Waals surface area contributed by atoms with Crippen molar-refractivity contribution < 1.29 is 9.90 Å². The van der Waals surface area contributed by atoms with Crippen molar-refractivity contribution >= 4 is 17.2 Å². The van der Waals surface area contributed by atoms with Crippen molar-refractivity contribution in [1.82, 2.24) is 10.3 Å². The second kappa shape index (κ2) is 6.48. The number of carbonyl (C=O) groups is 1. The van der Waals surface area contributed by atoms with Gasteiger partial charge in [0.15, 0.2) is 0 Å². The molecule has 5 heteroatoms. The number of rotatable bonds is 5. The first-order valence-electron chi connectivity index (χ1n) is 6.67. The molecule has 0 aliphatic rings. The first-order valence-corrected chi connectivity index (χ1v) is 7.49. The molecule has 1 aromatic heterocycles. The summed E-state index contributed by atoms with van der Waals surface area (Å²) in [4.78, 5) is 17.0. The highest BCUT2D eigenvalue weighted by molar-refractivity contribution is 7.13. The molecule has 0 saturated heterocycles. The molecule has 4 nitrogen and oxygen atoms in total. The van der Waals surface area contributed by atoms with E-state index in [4.69, 9.17) is 0 Å². The Morgan fingerprint density at radius 2 is 2.16 bits per heavy atom. The normalized spacial score (nSPS) is 15.1. The van der Waals surface area contributed by atoms with E-state index in [1.807, 2.05) is 13.8 Å². The number of aliphatic hydroxyl groups is 1. The van der Waals surface area contributed by atoms with Crippen LogP contribution >= 0.6 is 11.3 Å². The van der Waals surface area contributed by atoms with Crippen molar-refractivity contribution in [1.29, 1.82) is 0 Å². The maximum atomic E-state index is 12.1. The largest absolute Gasteiger partial charge is 0.394 e. The maximum Gasteiger partial charge on any atom is 0.263 e. The average molecular weight is 284 g/mol. The van der Waals surface area contributed by atoms with Gasteiger partial charge in [0.05, 0.1) is 23.9 Å². The maximum absolute atomic E-state index is 12.1. The number of aliphatic hydroxyl groups excluding tert-OH is 1. The Morgan fingerprint density at radius 3 is 2.58 bits per heavy atom. The number of nitrogens with zero attached hydrogens (tertiary/aromatic N) is 1. The number of thiazole rings is 1. The van der Waals surface area contributed by atoms with E-state index in [9.17, 15) is 9.90 Å². The van der Waals surface area contributed by atoms with Gasteiger partial charge in [-0.15, -0.1) is 11.3 Å². The van der Waals surface area contributed by atoms with Gasteiger partial charge in [-0.2, -0.15) is 0 Å². The molecule has 0 saturated carbocycles. The minimum Gasteiger partial charge on any atom is -0.394 e. The zero-order valence-corrected chi connectivity index (χ0v) is 13.2. The fourth-order valence-electron chi connectivity index (χ4n) is 1.62. The van der Waals surface area contributed by atoms with Crippen LogP contribution in [0.1, 0.15) is 55.7 Å². The lowest BCUT2D eigenvalue weighted by molar-refractivity contribution is 0.0895. The molecule has 0 aliphatic heterocycles. The highest BCUT2D eigenvalue weighted by Gasteiger charge is 2.23. The van der Waals surface area contributed by atoms with Crippen molar-refractivity contribution in [3.8, 4) is 0 Å². The van der Waals surface area contributed by atoms with E-state index >= 15 is 0 Å². The quantitative estimate of drug-likeness (QED) is 0.873.